The quantitative estimate of drug-likeness (QED) is 0.848. The van der Waals surface area contributed by atoms with Gasteiger partial charge in [0.1, 0.15) is 11.6 Å². The number of hydrogen-bond donors (Lipinski definition) is 1. The molecule has 0 saturated carbocycles. The molecule has 0 bridgehead atoms. The Morgan fingerprint density at radius 3 is 3.18 bits per heavy atom. The first-order valence-corrected chi connectivity index (χ1v) is 5.56. The largest absolute Gasteiger partial charge is 0.467 e. The minimum Gasteiger partial charge on any atom is -0.467 e. The molecule has 1 N–H and O–H groups in total. The highest BCUT2D eigenvalue weighted by atomic mass is 35.5. The molecule has 3 rings (SSSR count). The SMILES string of the molecule is Clc1nc2c(c(NCc3ccco3)n1)CC=N2. The van der Waals surface area contributed by atoms with Crippen molar-refractivity contribution in [3.05, 3.63) is 35.0 Å². The summed E-state index contributed by atoms with van der Waals surface area (Å²) >= 11 is 5.83. The molecular weight excluding hydrogens is 240 g/mol. The molecule has 0 unspecified atom stereocenters. The third-order valence-corrected chi connectivity index (χ3v) is 2.65. The van der Waals surface area contributed by atoms with Gasteiger partial charge in [0.25, 0.3) is 0 Å². The number of hydrogen-bond acceptors (Lipinski definition) is 5. The van der Waals surface area contributed by atoms with Crippen LogP contribution in [-0.4, -0.2) is 16.2 Å². The second-order valence-corrected chi connectivity index (χ2v) is 3.93. The Balaban J connectivity index is 1.84. The highest BCUT2D eigenvalue weighted by Gasteiger charge is 2.16. The fourth-order valence-corrected chi connectivity index (χ4v) is 1.86. The molecule has 6 heteroatoms. The van der Waals surface area contributed by atoms with Crippen LogP contribution in [0.15, 0.2) is 27.8 Å². The van der Waals surface area contributed by atoms with E-state index in [1.54, 1.807) is 12.5 Å². The number of fused-ring (bicyclic) bond motifs is 1. The average Bonchev–Trinajstić information content (AvgIpc) is 2.95. The predicted octanol–water partition coefficient (Wildman–Crippen LogP) is 2.59. The van der Waals surface area contributed by atoms with Crippen LogP contribution >= 0.6 is 11.6 Å². The third kappa shape index (κ3) is 2.01. The Morgan fingerprint density at radius 1 is 1.41 bits per heavy atom. The van der Waals surface area contributed by atoms with Crippen molar-refractivity contribution < 1.29 is 4.42 Å². The summed E-state index contributed by atoms with van der Waals surface area (Å²) in [5, 5.41) is 3.38. The molecule has 17 heavy (non-hydrogen) atoms. The summed E-state index contributed by atoms with van der Waals surface area (Å²) in [4.78, 5) is 12.4. The molecule has 3 heterocycles. The Bertz CT molecular complexity index is 565. The van der Waals surface area contributed by atoms with Gasteiger partial charge in [-0.1, -0.05) is 0 Å². The van der Waals surface area contributed by atoms with Gasteiger partial charge in [-0.2, -0.15) is 4.98 Å². The summed E-state index contributed by atoms with van der Waals surface area (Å²) in [6, 6.07) is 3.74. The number of nitrogens with zero attached hydrogens (tertiary/aromatic N) is 3. The van der Waals surface area contributed by atoms with Gasteiger partial charge in [-0.25, -0.2) is 9.98 Å². The molecule has 5 nitrogen and oxygen atoms in total. The van der Waals surface area contributed by atoms with E-state index in [0.29, 0.717) is 18.2 Å². The fraction of sp³-hybridized carbons (Fsp3) is 0.182. The number of halogens is 1. The maximum absolute atomic E-state index is 5.83. The lowest BCUT2D eigenvalue weighted by Crippen LogP contribution is -2.04. The van der Waals surface area contributed by atoms with E-state index < -0.39 is 0 Å². The smallest absolute Gasteiger partial charge is 0.226 e. The van der Waals surface area contributed by atoms with Gasteiger partial charge >= 0.3 is 0 Å². The molecule has 1 aliphatic rings. The lowest BCUT2D eigenvalue weighted by Gasteiger charge is -2.08. The highest BCUT2D eigenvalue weighted by molar-refractivity contribution is 6.28. The van der Waals surface area contributed by atoms with Gasteiger partial charge in [0.2, 0.25) is 5.28 Å². The van der Waals surface area contributed by atoms with E-state index in [4.69, 9.17) is 16.0 Å². The van der Waals surface area contributed by atoms with Gasteiger partial charge in [-0.05, 0) is 23.7 Å². The summed E-state index contributed by atoms with van der Waals surface area (Å²) in [7, 11) is 0. The topological polar surface area (TPSA) is 63.3 Å². The van der Waals surface area contributed by atoms with Crippen molar-refractivity contribution in [2.45, 2.75) is 13.0 Å². The molecule has 2 aromatic rings. The lowest BCUT2D eigenvalue weighted by molar-refractivity contribution is 0.517. The zero-order valence-corrected chi connectivity index (χ0v) is 9.61. The Morgan fingerprint density at radius 2 is 2.35 bits per heavy atom. The summed E-state index contributed by atoms with van der Waals surface area (Å²) in [5.41, 5.74) is 0.973. The fourth-order valence-electron chi connectivity index (χ4n) is 1.69. The van der Waals surface area contributed by atoms with Crippen molar-refractivity contribution in [1.82, 2.24) is 9.97 Å². The molecule has 0 fully saturated rings. The van der Waals surface area contributed by atoms with E-state index in [-0.39, 0.29) is 5.28 Å². The number of rotatable bonds is 3. The van der Waals surface area contributed by atoms with Gasteiger partial charge in [-0.15, -0.1) is 0 Å². The van der Waals surface area contributed by atoms with E-state index in [0.717, 1.165) is 17.7 Å². The Kier molecular flexibility index (Phi) is 2.53. The molecule has 0 spiro atoms. The number of furan rings is 1. The molecule has 2 aromatic heterocycles. The normalized spacial score (nSPS) is 12.8. The molecule has 1 aliphatic heterocycles. The number of aliphatic imine (C=N–C) groups is 1. The molecule has 0 aliphatic carbocycles. The van der Waals surface area contributed by atoms with Gasteiger partial charge in [0.05, 0.1) is 12.8 Å². The molecule has 0 saturated heterocycles. The van der Waals surface area contributed by atoms with E-state index >= 15 is 0 Å². The summed E-state index contributed by atoms with van der Waals surface area (Å²) < 4.78 is 5.23. The van der Waals surface area contributed by atoms with Crippen LogP contribution < -0.4 is 5.32 Å². The zero-order valence-electron chi connectivity index (χ0n) is 8.85. The van der Waals surface area contributed by atoms with E-state index in [1.807, 2.05) is 12.1 Å². The Hall–Kier alpha value is -1.88. The maximum Gasteiger partial charge on any atom is 0.226 e. The first kappa shape index (κ1) is 10.3. The standard InChI is InChI=1S/C11H9ClN4O/c12-11-15-9-8(3-4-13-9)10(16-11)14-6-7-2-1-5-17-7/h1-2,4-5H,3,6H2,(H,14,15,16). The summed E-state index contributed by atoms with van der Waals surface area (Å²) in [6.45, 7) is 0.562. The van der Waals surface area contributed by atoms with E-state index in [2.05, 4.69) is 20.3 Å². The first-order chi connectivity index (χ1) is 8.33. The van der Waals surface area contributed by atoms with Crippen LogP contribution in [0.2, 0.25) is 5.28 Å². The molecule has 0 atom stereocenters. The third-order valence-electron chi connectivity index (χ3n) is 2.48. The lowest BCUT2D eigenvalue weighted by atomic mass is 10.2. The number of aromatic nitrogens is 2. The highest BCUT2D eigenvalue weighted by Crippen LogP contribution is 2.29. The molecule has 86 valence electrons. The monoisotopic (exact) mass is 248 g/mol. The Labute approximate surface area is 103 Å². The van der Waals surface area contributed by atoms with Crippen LogP contribution in [-0.2, 0) is 13.0 Å². The second kappa shape index (κ2) is 4.18. The van der Waals surface area contributed by atoms with Gasteiger partial charge < -0.3 is 9.73 Å². The number of anilines is 1. The summed E-state index contributed by atoms with van der Waals surface area (Å²) in [6.07, 6.45) is 4.16. The van der Waals surface area contributed by atoms with Crippen molar-refractivity contribution in [2.75, 3.05) is 5.32 Å². The van der Waals surface area contributed by atoms with Crippen LogP contribution in [0.1, 0.15) is 11.3 Å². The van der Waals surface area contributed by atoms with Crippen molar-refractivity contribution in [1.29, 1.82) is 0 Å². The van der Waals surface area contributed by atoms with Crippen LogP contribution in [0.3, 0.4) is 0 Å². The maximum atomic E-state index is 5.83. The average molecular weight is 249 g/mol. The van der Waals surface area contributed by atoms with Crippen LogP contribution in [0.25, 0.3) is 0 Å². The van der Waals surface area contributed by atoms with Crippen LogP contribution in [0.4, 0.5) is 11.6 Å². The molecule has 0 radical (unpaired) electrons. The van der Waals surface area contributed by atoms with E-state index in [1.165, 1.54) is 0 Å². The molecule has 0 aromatic carbocycles. The van der Waals surface area contributed by atoms with Gasteiger partial charge in [-0.3, -0.25) is 0 Å². The van der Waals surface area contributed by atoms with Crippen molar-refractivity contribution in [2.24, 2.45) is 4.99 Å². The van der Waals surface area contributed by atoms with Crippen LogP contribution in [0.5, 0.6) is 0 Å². The van der Waals surface area contributed by atoms with Crippen LogP contribution in [0, 0.1) is 0 Å². The van der Waals surface area contributed by atoms with Gasteiger partial charge in [0, 0.05) is 18.2 Å². The van der Waals surface area contributed by atoms with E-state index in [9.17, 15) is 0 Å². The predicted molar refractivity (Wildman–Crippen MR) is 64.9 cm³/mol. The second-order valence-electron chi connectivity index (χ2n) is 3.59. The number of nitrogens with one attached hydrogen (secondary N) is 1. The van der Waals surface area contributed by atoms with Crippen molar-refractivity contribution >= 4 is 29.5 Å². The molecular formula is C11H9ClN4O. The van der Waals surface area contributed by atoms with Gasteiger partial charge in [0.15, 0.2) is 5.82 Å². The zero-order chi connectivity index (χ0) is 11.7. The van der Waals surface area contributed by atoms with Crippen molar-refractivity contribution in [3.8, 4) is 0 Å². The minimum absolute atomic E-state index is 0.199. The first-order valence-electron chi connectivity index (χ1n) is 5.18. The summed E-state index contributed by atoms with van der Waals surface area (Å²) in [5.74, 6) is 2.20. The minimum atomic E-state index is 0.199. The van der Waals surface area contributed by atoms with Crippen molar-refractivity contribution in [3.63, 3.8) is 0 Å². The molecule has 0 amide bonds.